The lowest BCUT2D eigenvalue weighted by Crippen LogP contribution is -2.20. The van der Waals surface area contributed by atoms with E-state index in [9.17, 15) is 18.0 Å². The summed E-state index contributed by atoms with van der Waals surface area (Å²) in [7, 11) is 0. The summed E-state index contributed by atoms with van der Waals surface area (Å²) < 4.78 is 45.3. The molecule has 0 spiro atoms. The van der Waals surface area contributed by atoms with Crippen molar-refractivity contribution >= 4 is 11.8 Å². The molecule has 7 heteroatoms. The van der Waals surface area contributed by atoms with Crippen LogP contribution >= 0.6 is 0 Å². The Bertz CT molecular complexity index is 407. The highest BCUT2D eigenvalue weighted by atomic mass is 19.4. The summed E-state index contributed by atoms with van der Waals surface area (Å²) in [4.78, 5) is 11.2. The number of ether oxygens (including phenoxy) is 2. The van der Waals surface area contributed by atoms with Crippen LogP contribution in [0.3, 0.4) is 0 Å². The van der Waals surface area contributed by atoms with Crippen LogP contribution in [-0.2, 0) is 4.74 Å². The van der Waals surface area contributed by atoms with Gasteiger partial charge in [0.1, 0.15) is 5.75 Å². The lowest BCUT2D eigenvalue weighted by Gasteiger charge is -2.13. The Morgan fingerprint density at radius 3 is 2.61 bits per heavy atom. The minimum Gasteiger partial charge on any atom is -0.482 e. The van der Waals surface area contributed by atoms with Crippen molar-refractivity contribution < 1.29 is 27.4 Å². The lowest BCUT2D eigenvalue weighted by atomic mass is 10.3. The summed E-state index contributed by atoms with van der Waals surface area (Å²) in [6, 6.07) is 5.81. The van der Waals surface area contributed by atoms with E-state index in [0.717, 1.165) is 0 Å². The lowest BCUT2D eigenvalue weighted by molar-refractivity contribution is -0.153. The Kier molecular flexibility index (Phi) is 4.82. The minimum atomic E-state index is -4.43. The normalized spacial score (nSPS) is 10.9. The number of carbonyl (C=O) groups excluding carboxylic acids is 1. The van der Waals surface area contributed by atoms with E-state index in [-0.39, 0.29) is 18.0 Å². The van der Waals surface area contributed by atoms with Crippen molar-refractivity contribution in [3.63, 3.8) is 0 Å². The van der Waals surface area contributed by atoms with Gasteiger partial charge >= 0.3 is 12.3 Å². The highest BCUT2D eigenvalue weighted by Crippen LogP contribution is 2.26. The molecule has 0 bridgehead atoms. The molecule has 1 N–H and O–H groups in total. The molecule has 0 aromatic heterocycles. The van der Waals surface area contributed by atoms with Gasteiger partial charge in [0, 0.05) is 0 Å². The summed E-state index contributed by atoms with van der Waals surface area (Å²) >= 11 is 0. The highest BCUT2D eigenvalue weighted by Gasteiger charge is 2.28. The van der Waals surface area contributed by atoms with Crippen LogP contribution in [0.15, 0.2) is 24.3 Å². The third kappa shape index (κ3) is 4.94. The number of hydrogen-bond donors (Lipinski definition) is 1. The predicted molar refractivity (Wildman–Crippen MR) is 58.6 cm³/mol. The monoisotopic (exact) mass is 263 g/mol. The van der Waals surface area contributed by atoms with E-state index in [1.54, 1.807) is 13.0 Å². The number of carbonyl (C=O) groups is 1. The van der Waals surface area contributed by atoms with Gasteiger partial charge in [-0.3, -0.25) is 5.32 Å². The molecule has 0 unspecified atom stereocenters. The Morgan fingerprint density at radius 2 is 2.00 bits per heavy atom. The summed E-state index contributed by atoms with van der Waals surface area (Å²) in [6.45, 7) is 0.359. The number of rotatable bonds is 4. The van der Waals surface area contributed by atoms with Crippen molar-refractivity contribution in [1.82, 2.24) is 0 Å². The van der Waals surface area contributed by atoms with Crippen LogP contribution in [0.1, 0.15) is 6.92 Å². The summed E-state index contributed by atoms with van der Waals surface area (Å²) in [5.74, 6) is -0.0668. The van der Waals surface area contributed by atoms with Crippen molar-refractivity contribution in [1.29, 1.82) is 0 Å². The largest absolute Gasteiger partial charge is 0.482 e. The van der Waals surface area contributed by atoms with Crippen molar-refractivity contribution in [2.45, 2.75) is 13.1 Å². The molecule has 1 amide bonds. The van der Waals surface area contributed by atoms with Gasteiger partial charge in [-0.05, 0) is 19.1 Å². The minimum absolute atomic E-state index is 0.0668. The van der Waals surface area contributed by atoms with Crippen LogP contribution in [0.4, 0.5) is 23.7 Å². The standard InChI is InChI=1S/C11H12F3NO3/c1-2-17-10(16)15-8-5-3-4-6-9(8)18-7-11(12,13)14/h3-6H,2,7H2,1H3,(H,15,16). The molecular formula is C11H12F3NO3. The van der Waals surface area contributed by atoms with Gasteiger partial charge in [-0.25, -0.2) is 4.79 Å². The summed E-state index contributed by atoms with van der Waals surface area (Å²) in [5, 5.41) is 2.29. The van der Waals surface area contributed by atoms with Gasteiger partial charge in [0.25, 0.3) is 0 Å². The van der Waals surface area contributed by atoms with Crippen molar-refractivity contribution in [3.05, 3.63) is 24.3 Å². The molecular weight excluding hydrogens is 251 g/mol. The van der Waals surface area contributed by atoms with Crippen molar-refractivity contribution in [3.8, 4) is 5.75 Å². The molecule has 1 aromatic carbocycles. The summed E-state index contributed by atoms with van der Waals surface area (Å²) in [5.41, 5.74) is 0.125. The molecule has 18 heavy (non-hydrogen) atoms. The zero-order valence-electron chi connectivity index (χ0n) is 9.58. The maximum Gasteiger partial charge on any atom is 0.422 e. The second-order valence-corrected chi connectivity index (χ2v) is 3.25. The van der Waals surface area contributed by atoms with Crippen LogP contribution in [0.2, 0.25) is 0 Å². The van der Waals surface area contributed by atoms with E-state index in [2.05, 4.69) is 14.8 Å². The SMILES string of the molecule is CCOC(=O)Nc1ccccc1OCC(F)(F)F. The molecule has 1 aromatic rings. The van der Waals surface area contributed by atoms with Gasteiger partial charge in [0.15, 0.2) is 6.61 Å². The Hall–Kier alpha value is -1.92. The molecule has 1 rings (SSSR count). The van der Waals surface area contributed by atoms with Crippen LogP contribution in [-0.4, -0.2) is 25.5 Å². The number of amides is 1. The second-order valence-electron chi connectivity index (χ2n) is 3.25. The highest BCUT2D eigenvalue weighted by molar-refractivity contribution is 5.86. The number of anilines is 1. The first kappa shape index (κ1) is 14.1. The van der Waals surface area contributed by atoms with Crippen LogP contribution < -0.4 is 10.1 Å². The van der Waals surface area contributed by atoms with Gasteiger partial charge in [0.2, 0.25) is 0 Å². The second kappa shape index (κ2) is 6.13. The Labute approximate surface area is 102 Å². The maximum atomic E-state index is 12.0. The average Bonchev–Trinajstić information content (AvgIpc) is 2.27. The maximum absolute atomic E-state index is 12.0. The number of benzene rings is 1. The fourth-order valence-electron chi connectivity index (χ4n) is 1.13. The smallest absolute Gasteiger partial charge is 0.422 e. The third-order valence-corrected chi connectivity index (χ3v) is 1.79. The van der Waals surface area contributed by atoms with E-state index < -0.39 is 18.9 Å². The van der Waals surface area contributed by atoms with Crippen LogP contribution in [0.5, 0.6) is 5.75 Å². The molecule has 0 atom stereocenters. The van der Waals surface area contributed by atoms with E-state index in [0.29, 0.717) is 0 Å². The predicted octanol–water partition coefficient (Wildman–Crippen LogP) is 3.20. The fourth-order valence-corrected chi connectivity index (χ4v) is 1.13. The first-order valence-electron chi connectivity index (χ1n) is 5.14. The van der Waals surface area contributed by atoms with Gasteiger partial charge in [-0.1, -0.05) is 12.1 Å². The van der Waals surface area contributed by atoms with Crippen LogP contribution in [0.25, 0.3) is 0 Å². The van der Waals surface area contributed by atoms with E-state index in [1.165, 1.54) is 18.2 Å². The topological polar surface area (TPSA) is 47.6 Å². The molecule has 0 saturated heterocycles. The first-order valence-corrected chi connectivity index (χ1v) is 5.14. The van der Waals surface area contributed by atoms with E-state index in [1.807, 2.05) is 0 Å². The molecule has 0 aliphatic heterocycles. The molecule has 0 heterocycles. The number of alkyl halides is 3. The molecule has 0 saturated carbocycles. The van der Waals surface area contributed by atoms with Gasteiger partial charge in [0.05, 0.1) is 12.3 Å². The average molecular weight is 263 g/mol. The molecule has 100 valence electrons. The van der Waals surface area contributed by atoms with Crippen LogP contribution in [0, 0.1) is 0 Å². The summed E-state index contributed by atoms with van der Waals surface area (Å²) in [6.07, 6.45) is -5.18. The van der Waals surface area contributed by atoms with Gasteiger partial charge in [-0.15, -0.1) is 0 Å². The third-order valence-electron chi connectivity index (χ3n) is 1.79. The molecule has 0 fully saturated rings. The van der Waals surface area contributed by atoms with Crippen molar-refractivity contribution in [2.75, 3.05) is 18.5 Å². The Balaban J connectivity index is 2.70. The van der Waals surface area contributed by atoms with E-state index in [4.69, 9.17) is 0 Å². The number of para-hydroxylation sites is 2. The number of hydrogen-bond acceptors (Lipinski definition) is 3. The molecule has 0 aliphatic carbocycles. The molecule has 4 nitrogen and oxygen atoms in total. The molecule has 0 radical (unpaired) electrons. The zero-order chi connectivity index (χ0) is 13.6. The fraction of sp³-hybridized carbons (Fsp3) is 0.364. The number of halogens is 3. The molecule has 0 aliphatic rings. The quantitative estimate of drug-likeness (QED) is 0.907. The number of nitrogens with one attached hydrogen (secondary N) is 1. The van der Waals surface area contributed by atoms with Crippen molar-refractivity contribution in [2.24, 2.45) is 0 Å². The van der Waals surface area contributed by atoms with E-state index >= 15 is 0 Å². The first-order chi connectivity index (χ1) is 8.42. The zero-order valence-corrected chi connectivity index (χ0v) is 9.58. The van der Waals surface area contributed by atoms with Gasteiger partial charge in [-0.2, -0.15) is 13.2 Å². The van der Waals surface area contributed by atoms with Gasteiger partial charge < -0.3 is 9.47 Å². The Morgan fingerprint density at radius 1 is 1.33 bits per heavy atom.